The van der Waals surface area contributed by atoms with Crippen LogP contribution in [0.15, 0.2) is 5.16 Å². The fourth-order valence-corrected chi connectivity index (χ4v) is 0.162. The van der Waals surface area contributed by atoms with Gasteiger partial charge in [-0.3, -0.25) is 0 Å². The van der Waals surface area contributed by atoms with Crippen molar-refractivity contribution in [2.45, 2.75) is 0 Å². The lowest BCUT2D eigenvalue weighted by molar-refractivity contribution is -1.27. The first-order chi connectivity index (χ1) is 3.27. The first-order valence-corrected chi connectivity index (χ1v) is 1.91. The average Bonchev–Trinajstić information content (AvgIpc) is 1.61. The zero-order chi connectivity index (χ0) is 5.70. The summed E-state index contributed by atoms with van der Waals surface area (Å²) >= 11 is 0.222. The lowest BCUT2D eigenvalue weighted by Crippen LogP contribution is -2.23. The van der Waals surface area contributed by atoms with Crippen molar-refractivity contribution in [2.75, 3.05) is 0 Å². The van der Waals surface area contributed by atoms with Crippen LogP contribution < -0.4 is 16.1 Å². The summed E-state index contributed by atoms with van der Waals surface area (Å²) in [7, 11) is 0. The molecule has 6 heteroatoms. The normalized spacial score (nSPS) is 7.57. The Morgan fingerprint density at radius 3 is 2.43 bits per heavy atom. The fraction of sp³-hybridized carbons (Fsp3) is 0. The van der Waals surface area contributed by atoms with Crippen LogP contribution >= 0.6 is 0 Å². The fourth-order valence-electron chi connectivity index (χ4n) is 0.0539. The monoisotopic (exact) mass is 125 g/mol. The Morgan fingerprint density at radius 2 is 2.29 bits per heavy atom. The molecule has 42 valence electrons. The SMILES string of the molecule is NC(N)=NO[Cl+][O-]. The minimum absolute atomic E-state index is 0.222. The molecule has 0 saturated heterocycles. The van der Waals surface area contributed by atoms with Crippen molar-refractivity contribution in [3.63, 3.8) is 0 Å². The van der Waals surface area contributed by atoms with E-state index in [-0.39, 0.29) is 17.3 Å². The number of halogens is 1. The van der Waals surface area contributed by atoms with Crippen molar-refractivity contribution >= 4 is 5.96 Å². The van der Waals surface area contributed by atoms with Crippen molar-refractivity contribution in [1.29, 1.82) is 0 Å². The van der Waals surface area contributed by atoms with Gasteiger partial charge in [-0.2, -0.15) is 0 Å². The molecule has 4 N–H and O–H groups in total. The van der Waals surface area contributed by atoms with Crippen LogP contribution in [0.25, 0.3) is 0 Å². The van der Waals surface area contributed by atoms with Crippen LogP contribution in [0.2, 0.25) is 0 Å². The van der Waals surface area contributed by atoms with Crippen molar-refractivity contribution < 1.29 is 20.4 Å². The molecule has 0 aliphatic carbocycles. The predicted octanol–water partition coefficient (Wildman–Crippen LogP) is -2.53. The molecule has 5 nitrogen and oxygen atoms in total. The third-order valence-electron chi connectivity index (χ3n) is 0.168. The topological polar surface area (TPSA) is 96.7 Å². The van der Waals surface area contributed by atoms with Crippen LogP contribution in [-0.4, -0.2) is 5.96 Å². The van der Waals surface area contributed by atoms with Crippen molar-refractivity contribution in [1.82, 2.24) is 0 Å². The van der Waals surface area contributed by atoms with Crippen molar-refractivity contribution in [3.8, 4) is 0 Å². The molecule has 0 aliphatic rings. The van der Waals surface area contributed by atoms with E-state index >= 15 is 0 Å². The summed E-state index contributed by atoms with van der Waals surface area (Å²) in [5, 5.41) is 2.84. The Bertz CT molecular complexity index is 69.3. The molecule has 0 rings (SSSR count). The second kappa shape index (κ2) is 3.51. The van der Waals surface area contributed by atoms with E-state index in [9.17, 15) is 4.66 Å². The summed E-state index contributed by atoms with van der Waals surface area (Å²) in [6.07, 6.45) is 0. The molecular formula is CH4ClN3O2. The van der Waals surface area contributed by atoms with Crippen LogP contribution in [0.3, 0.4) is 0 Å². The largest absolute Gasteiger partial charge is 0.493 e. The highest BCUT2D eigenvalue weighted by Crippen LogP contribution is 1.66. The summed E-state index contributed by atoms with van der Waals surface area (Å²) in [6, 6.07) is 0. The number of hydrogen-bond acceptors (Lipinski definition) is 3. The molecule has 0 saturated carbocycles. The Hall–Kier alpha value is -0.680. The van der Waals surface area contributed by atoms with E-state index in [0.29, 0.717) is 0 Å². The molecule has 0 amide bonds. The summed E-state index contributed by atoms with van der Waals surface area (Å²) < 4.78 is 13.0. The standard InChI is InChI=1S/CH4ClN3O2/c3-1(4)5-7-2-6/h(H4,3,4,5). The van der Waals surface area contributed by atoms with Crippen LogP contribution in [0.4, 0.5) is 0 Å². The Labute approximate surface area is 44.0 Å². The molecule has 0 radical (unpaired) electrons. The van der Waals surface area contributed by atoms with E-state index in [4.69, 9.17) is 11.5 Å². The van der Waals surface area contributed by atoms with Gasteiger partial charge in [-0.05, 0) is 0 Å². The summed E-state index contributed by atoms with van der Waals surface area (Å²) in [5.74, 6) is -0.275. The molecule has 0 heterocycles. The highest BCUT2D eigenvalue weighted by Gasteiger charge is 1.84. The van der Waals surface area contributed by atoms with Gasteiger partial charge in [-0.1, -0.05) is 4.39 Å². The number of rotatable bonds is 2. The minimum atomic E-state index is -0.275. The number of nitrogens with zero attached hydrogens (tertiary/aromatic N) is 1. The van der Waals surface area contributed by atoms with Crippen LogP contribution in [0, 0.1) is 11.3 Å². The van der Waals surface area contributed by atoms with Gasteiger partial charge in [0, 0.05) is 5.16 Å². The zero-order valence-corrected chi connectivity index (χ0v) is 4.05. The van der Waals surface area contributed by atoms with Crippen LogP contribution in [-0.2, 0) is 4.39 Å². The Morgan fingerprint density at radius 1 is 1.71 bits per heavy atom. The lowest BCUT2D eigenvalue weighted by atomic mass is 11.1. The van der Waals surface area contributed by atoms with Gasteiger partial charge in [0.2, 0.25) is 5.96 Å². The zero-order valence-electron chi connectivity index (χ0n) is 3.30. The maximum absolute atomic E-state index is 9.25. The first-order valence-electron chi connectivity index (χ1n) is 1.29. The molecule has 0 aromatic rings. The molecular weight excluding hydrogens is 121 g/mol. The van der Waals surface area contributed by atoms with Gasteiger partial charge in [0.05, 0.1) is 0 Å². The van der Waals surface area contributed by atoms with Gasteiger partial charge in [0.1, 0.15) is 0 Å². The number of oxime groups is 1. The second-order valence-corrected chi connectivity index (χ2v) is 0.912. The van der Waals surface area contributed by atoms with Gasteiger partial charge >= 0.3 is 11.3 Å². The third-order valence-corrected chi connectivity index (χ3v) is 0.293. The molecule has 0 aromatic heterocycles. The van der Waals surface area contributed by atoms with Gasteiger partial charge in [-0.15, -0.1) is 0 Å². The molecule has 0 fully saturated rings. The smallest absolute Gasteiger partial charge is 0.419 e. The quantitative estimate of drug-likeness (QED) is 0.242. The molecule has 0 spiro atoms. The van der Waals surface area contributed by atoms with Gasteiger partial charge in [-0.25, -0.2) is 0 Å². The number of nitrogens with two attached hydrogens (primary N) is 2. The van der Waals surface area contributed by atoms with E-state index in [1.807, 2.05) is 0 Å². The Kier molecular flexibility index (Phi) is 3.17. The second-order valence-electron chi connectivity index (χ2n) is 0.648. The predicted molar refractivity (Wildman–Crippen MR) is 16.9 cm³/mol. The molecule has 0 bridgehead atoms. The van der Waals surface area contributed by atoms with Crippen molar-refractivity contribution in [2.24, 2.45) is 16.6 Å². The Balaban J connectivity index is 3.08. The molecule has 0 aliphatic heterocycles. The number of guanidine groups is 1. The highest BCUT2D eigenvalue weighted by atomic mass is 35.6. The maximum atomic E-state index is 9.25. The van der Waals surface area contributed by atoms with Gasteiger partial charge in [0.25, 0.3) is 0 Å². The first kappa shape index (κ1) is 6.32. The van der Waals surface area contributed by atoms with Gasteiger partial charge < -0.3 is 16.1 Å². The van der Waals surface area contributed by atoms with E-state index in [0.717, 1.165) is 0 Å². The summed E-state index contributed by atoms with van der Waals surface area (Å²) in [5.41, 5.74) is 9.44. The molecule has 0 aromatic carbocycles. The van der Waals surface area contributed by atoms with E-state index in [1.54, 1.807) is 0 Å². The summed E-state index contributed by atoms with van der Waals surface area (Å²) in [4.78, 5) is 0. The number of hydrogen-bond donors (Lipinski definition) is 2. The van der Waals surface area contributed by atoms with E-state index in [2.05, 4.69) is 9.55 Å². The minimum Gasteiger partial charge on any atom is -0.493 e. The lowest BCUT2D eigenvalue weighted by Gasteiger charge is -1.79. The van der Waals surface area contributed by atoms with Gasteiger partial charge in [0.15, 0.2) is 0 Å². The van der Waals surface area contributed by atoms with E-state index < -0.39 is 0 Å². The molecule has 0 unspecified atom stereocenters. The highest BCUT2D eigenvalue weighted by molar-refractivity contribution is 5.74. The van der Waals surface area contributed by atoms with E-state index in [1.165, 1.54) is 0 Å². The maximum Gasteiger partial charge on any atom is 0.419 e. The van der Waals surface area contributed by atoms with Crippen LogP contribution in [0.5, 0.6) is 0 Å². The molecule has 7 heavy (non-hydrogen) atoms. The summed E-state index contributed by atoms with van der Waals surface area (Å²) in [6.45, 7) is 0. The van der Waals surface area contributed by atoms with Crippen LogP contribution in [0.1, 0.15) is 0 Å². The third kappa shape index (κ3) is 5.32. The molecule has 0 atom stereocenters. The van der Waals surface area contributed by atoms with Crippen molar-refractivity contribution in [3.05, 3.63) is 0 Å². The average molecular weight is 126 g/mol.